The first kappa shape index (κ1) is 11.3. The van der Waals surface area contributed by atoms with Crippen molar-refractivity contribution in [2.45, 2.75) is 0 Å². The molecule has 0 atom stereocenters. The molecule has 0 fully saturated rings. The molecule has 2 nitrogen and oxygen atoms in total. The highest BCUT2D eigenvalue weighted by atomic mass is 19.1. The number of nitrogens with one attached hydrogen (secondary N) is 1. The second kappa shape index (κ2) is 4.37. The zero-order chi connectivity index (χ0) is 12.4. The van der Waals surface area contributed by atoms with Crippen molar-refractivity contribution in [2.75, 3.05) is 11.1 Å². The van der Waals surface area contributed by atoms with Gasteiger partial charge in [0, 0.05) is 6.07 Å². The van der Waals surface area contributed by atoms with Gasteiger partial charge in [-0.15, -0.1) is 0 Å². The summed E-state index contributed by atoms with van der Waals surface area (Å²) in [4.78, 5) is 0. The van der Waals surface area contributed by atoms with Crippen LogP contribution in [0.25, 0.3) is 0 Å². The highest BCUT2D eigenvalue weighted by molar-refractivity contribution is 5.73. The number of para-hydroxylation sites is 1. The van der Waals surface area contributed by atoms with Crippen LogP contribution in [-0.4, -0.2) is 0 Å². The van der Waals surface area contributed by atoms with Crippen LogP contribution in [0.3, 0.4) is 0 Å². The second-order valence-corrected chi connectivity index (χ2v) is 3.45. The minimum absolute atomic E-state index is 0.00685. The lowest BCUT2D eigenvalue weighted by molar-refractivity contribution is 0.587. The second-order valence-electron chi connectivity index (χ2n) is 3.45. The summed E-state index contributed by atoms with van der Waals surface area (Å²) in [5, 5.41) is 2.54. The van der Waals surface area contributed by atoms with Crippen LogP contribution in [0.4, 0.5) is 30.2 Å². The Morgan fingerprint density at radius 2 is 1.59 bits per heavy atom. The molecule has 0 amide bonds. The van der Waals surface area contributed by atoms with Gasteiger partial charge in [0.15, 0.2) is 5.82 Å². The molecule has 0 bridgehead atoms. The molecule has 2 aromatic rings. The van der Waals surface area contributed by atoms with E-state index in [1.54, 1.807) is 6.07 Å². The number of anilines is 3. The summed E-state index contributed by atoms with van der Waals surface area (Å²) in [6.45, 7) is 0. The minimum atomic E-state index is -0.885. The van der Waals surface area contributed by atoms with E-state index < -0.39 is 17.5 Å². The molecule has 0 aliphatic carbocycles. The van der Waals surface area contributed by atoms with Crippen molar-refractivity contribution < 1.29 is 13.2 Å². The highest BCUT2D eigenvalue weighted by Gasteiger charge is 2.09. The molecule has 0 radical (unpaired) electrons. The van der Waals surface area contributed by atoms with E-state index in [0.717, 1.165) is 6.07 Å². The Kier molecular flexibility index (Phi) is 2.91. The summed E-state index contributed by atoms with van der Waals surface area (Å²) >= 11 is 0. The van der Waals surface area contributed by atoms with E-state index in [9.17, 15) is 13.2 Å². The molecule has 0 saturated heterocycles. The van der Waals surface area contributed by atoms with E-state index in [-0.39, 0.29) is 17.1 Å². The van der Waals surface area contributed by atoms with E-state index in [4.69, 9.17) is 5.73 Å². The van der Waals surface area contributed by atoms with Crippen LogP contribution in [0, 0.1) is 17.5 Å². The summed E-state index contributed by atoms with van der Waals surface area (Å²) in [5.74, 6) is -2.20. The van der Waals surface area contributed by atoms with Gasteiger partial charge in [0.1, 0.15) is 11.6 Å². The number of rotatable bonds is 2. The lowest BCUT2D eigenvalue weighted by Crippen LogP contribution is -2.01. The fraction of sp³-hybridized carbons (Fsp3) is 0. The van der Waals surface area contributed by atoms with Crippen LogP contribution in [0.1, 0.15) is 0 Å². The molecular formula is C12H9F3N2. The number of halogens is 3. The Labute approximate surface area is 95.9 Å². The third-order valence-corrected chi connectivity index (χ3v) is 2.24. The number of nitrogen functional groups attached to an aromatic ring is 1. The molecule has 2 aromatic carbocycles. The van der Waals surface area contributed by atoms with Gasteiger partial charge in [-0.05, 0) is 18.2 Å². The first-order valence-corrected chi connectivity index (χ1v) is 4.84. The maximum atomic E-state index is 13.3. The fourth-order valence-electron chi connectivity index (χ4n) is 1.40. The van der Waals surface area contributed by atoms with Gasteiger partial charge < -0.3 is 11.1 Å². The SMILES string of the molecule is Nc1c(F)cc(F)cc1Nc1ccccc1F. The lowest BCUT2D eigenvalue weighted by Gasteiger charge is -2.10. The first-order valence-electron chi connectivity index (χ1n) is 4.84. The summed E-state index contributed by atoms with van der Waals surface area (Å²) in [7, 11) is 0. The first-order chi connectivity index (χ1) is 8.08. The molecule has 5 heteroatoms. The summed E-state index contributed by atoms with van der Waals surface area (Å²) < 4.78 is 39.4. The van der Waals surface area contributed by atoms with Crippen LogP contribution >= 0.6 is 0 Å². The molecule has 88 valence electrons. The minimum Gasteiger partial charge on any atom is -0.395 e. The van der Waals surface area contributed by atoms with Gasteiger partial charge in [0.2, 0.25) is 0 Å². The zero-order valence-corrected chi connectivity index (χ0v) is 8.68. The molecule has 0 aromatic heterocycles. The maximum absolute atomic E-state index is 13.3. The van der Waals surface area contributed by atoms with Gasteiger partial charge >= 0.3 is 0 Å². The molecule has 0 unspecified atom stereocenters. The molecule has 0 heterocycles. The van der Waals surface area contributed by atoms with E-state index >= 15 is 0 Å². The Bertz CT molecular complexity index is 555. The molecule has 3 N–H and O–H groups in total. The topological polar surface area (TPSA) is 38.0 Å². The van der Waals surface area contributed by atoms with Crippen molar-refractivity contribution in [2.24, 2.45) is 0 Å². The van der Waals surface area contributed by atoms with Crippen molar-refractivity contribution in [3.63, 3.8) is 0 Å². The van der Waals surface area contributed by atoms with Gasteiger partial charge in [-0.1, -0.05) is 12.1 Å². The van der Waals surface area contributed by atoms with Crippen LogP contribution in [0.15, 0.2) is 36.4 Å². The number of hydrogen-bond donors (Lipinski definition) is 2. The summed E-state index contributed by atoms with van der Waals surface area (Å²) in [6.07, 6.45) is 0. The Morgan fingerprint density at radius 3 is 2.29 bits per heavy atom. The highest BCUT2D eigenvalue weighted by Crippen LogP contribution is 2.27. The third kappa shape index (κ3) is 2.33. The van der Waals surface area contributed by atoms with Crippen molar-refractivity contribution in [1.29, 1.82) is 0 Å². The average Bonchev–Trinajstić information content (AvgIpc) is 2.28. The van der Waals surface area contributed by atoms with Gasteiger partial charge in [-0.2, -0.15) is 0 Å². The van der Waals surface area contributed by atoms with Crippen LogP contribution in [0.5, 0.6) is 0 Å². The van der Waals surface area contributed by atoms with E-state index in [1.165, 1.54) is 18.2 Å². The maximum Gasteiger partial charge on any atom is 0.151 e. The predicted octanol–water partition coefficient (Wildman–Crippen LogP) is 3.43. The normalized spacial score (nSPS) is 10.3. The Morgan fingerprint density at radius 1 is 0.882 bits per heavy atom. The van der Waals surface area contributed by atoms with Gasteiger partial charge in [-0.3, -0.25) is 0 Å². The Balaban J connectivity index is 2.40. The Hall–Kier alpha value is -2.17. The van der Waals surface area contributed by atoms with Gasteiger partial charge in [-0.25, -0.2) is 13.2 Å². The lowest BCUT2D eigenvalue weighted by atomic mass is 10.2. The number of benzene rings is 2. The monoisotopic (exact) mass is 238 g/mol. The molecule has 0 saturated carbocycles. The van der Waals surface area contributed by atoms with Crippen molar-refractivity contribution in [3.05, 3.63) is 53.8 Å². The molecule has 17 heavy (non-hydrogen) atoms. The molecule has 2 rings (SSSR count). The predicted molar refractivity (Wildman–Crippen MR) is 60.5 cm³/mol. The zero-order valence-electron chi connectivity index (χ0n) is 8.68. The largest absolute Gasteiger partial charge is 0.395 e. The van der Waals surface area contributed by atoms with E-state index in [2.05, 4.69) is 5.32 Å². The van der Waals surface area contributed by atoms with Crippen LogP contribution < -0.4 is 11.1 Å². The molecule has 0 aliphatic heterocycles. The fourth-order valence-corrected chi connectivity index (χ4v) is 1.40. The van der Waals surface area contributed by atoms with Crippen LogP contribution in [0.2, 0.25) is 0 Å². The van der Waals surface area contributed by atoms with Crippen molar-refractivity contribution in [1.82, 2.24) is 0 Å². The molecule has 0 spiro atoms. The van der Waals surface area contributed by atoms with Crippen molar-refractivity contribution in [3.8, 4) is 0 Å². The number of hydrogen-bond acceptors (Lipinski definition) is 2. The third-order valence-electron chi connectivity index (χ3n) is 2.24. The van der Waals surface area contributed by atoms with Crippen molar-refractivity contribution >= 4 is 17.1 Å². The molecule has 0 aliphatic rings. The van der Waals surface area contributed by atoms with Gasteiger partial charge in [0.05, 0.1) is 17.1 Å². The van der Waals surface area contributed by atoms with E-state index in [1.807, 2.05) is 0 Å². The summed E-state index contributed by atoms with van der Waals surface area (Å²) in [6, 6.07) is 7.45. The molecular weight excluding hydrogens is 229 g/mol. The standard InChI is InChI=1S/C12H9F3N2/c13-7-5-9(15)12(16)11(6-7)17-10-4-2-1-3-8(10)14/h1-6,17H,16H2. The average molecular weight is 238 g/mol. The quantitative estimate of drug-likeness (QED) is 0.786. The summed E-state index contributed by atoms with van der Waals surface area (Å²) in [5.41, 5.74) is 5.26. The van der Waals surface area contributed by atoms with E-state index in [0.29, 0.717) is 6.07 Å². The number of nitrogens with two attached hydrogens (primary N) is 1. The van der Waals surface area contributed by atoms with Crippen LogP contribution in [-0.2, 0) is 0 Å². The van der Waals surface area contributed by atoms with Gasteiger partial charge in [0.25, 0.3) is 0 Å². The smallest absolute Gasteiger partial charge is 0.151 e.